The van der Waals surface area contributed by atoms with Crippen LogP contribution in [0, 0.1) is 17.8 Å². The SMILES string of the molecule is O=C1CCC=C2[C@H]3[C@H](CC[C@H]13)[C@H]2Br. The first kappa shape index (κ1) is 8.22. The zero-order valence-electron chi connectivity index (χ0n) is 7.50. The number of allylic oxidation sites excluding steroid dienone is 2. The predicted octanol–water partition coefficient (Wildman–Crippen LogP) is 2.70. The normalized spacial score (nSPS) is 47.8. The van der Waals surface area contributed by atoms with Crippen LogP contribution in [0.5, 0.6) is 0 Å². The van der Waals surface area contributed by atoms with Crippen LogP contribution in [0.25, 0.3) is 0 Å². The highest BCUT2D eigenvalue weighted by Gasteiger charge is 2.54. The van der Waals surface area contributed by atoms with Crippen molar-refractivity contribution in [1.29, 1.82) is 0 Å². The largest absolute Gasteiger partial charge is 0.299 e. The van der Waals surface area contributed by atoms with Gasteiger partial charge in [-0.1, -0.05) is 27.6 Å². The van der Waals surface area contributed by atoms with E-state index in [0.29, 0.717) is 22.4 Å². The first-order valence-electron chi connectivity index (χ1n) is 5.16. The Morgan fingerprint density at radius 2 is 2.23 bits per heavy atom. The zero-order chi connectivity index (χ0) is 9.00. The minimum atomic E-state index is 0.396. The van der Waals surface area contributed by atoms with Gasteiger partial charge in [-0.15, -0.1) is 0 Å². The second-order valence-electron chi connectivity index (χ2n) is 4.48. The summed E-state index contributed by atoms with van der Waals surface area (Å²) >= 11 is 3.73. The van der Waals surface area contributed by atoms with Crippen LogP contribution < -0.4 is 0 Å². The summed E-state index contributed by atoms with van der Waals surface area (Å²) in [4.78, 5) is 12.3. The minimum Gasteiger partial charge on any atom is -0.299 e. The van der Waals surface area contributed by atoms with Crippen LogP contribution in [0.15, 0.2) is 11.6 Å². The Hall–Kier alpha value is -0.110. The number of ketones is 1. The zero-order valence-corrected chi connectivity index (χ0v) is 9.09. The second-order valence-corrected chi connectivity index (χ2v) is 5.47. The van der Waals surface area contributed by atoms with Gasteiger partial charge in [0.25, 0.3) is 0 Å². The number of carbonyl (C=O) groups excluding carboxylic acids is 1. The predicted molar refractivity (Wildman–Crippen MR) is 54.7 cm³/mol. The topological polar surface area (TPSA) is 17.1 Å². The molecule has 0 bridgehead atoms. The van der Waals surface area contributed by atoms with Gasteiger partial charge < -0.3 is 0 Å². The van der Waals surface area contributed by atoms with Crippen molar-refractivity contribution in [3.63, 3.8) is 0 Å². The second kappa shape index (κ2) is 2.69. The summed E-state index contributed by atoms with van der Waals surface area (Å²) in [6.45, 7) is 0. The van der Waals surface area contributed by atoms with Gasteiger partial charge in [0.05, 0.1) is 0 Å². The monoisotopic (exact) mass is 240 g/mol. The van der Waals surface area contributed by atoms with E-state index in [2.05, 4.69) is 22.0 Å². The summed E-state index contributed by atoms with van der Waals surface area (Å²) in [7, 11) is 0. The van der Waals surface area contributed by atoms with Gasteiger partial charge in [-0.25, -0.2) is 0 Å². The molecule has 3 aliphatic carbocycles. The quantitative estimate of drug-likeness (QED) is 0.470. The molecule has 0 heterocycles. The molecular weight excluding hydrogens is 228 g/mol. The van der Waals surface area contributed by atoms with E-state index in [0.717, 1.165) is 25.2 Å². The average molecular weight is 241 g/mol. The highest BCUT2D eigenvalue weighted by atomic mass is 79.9. The molecule has 2 heteroatoms. The van der Waals surface area contributed by atoms with Crippen LogP contribution in [0.4, 0.5) is 0 Å². The van der Waals surface area contributed by atoms with Gasteiger partial charge in [0.1, 0.15) is 5.78 Å². The van der Waals surface area contributed by atoms with Crippen LogP contribution in [0.3, 0.4) is 0 Å². The molecule has 0 unspecified atom stereocenters. The molecule has 0 radical (unpaired) electrons. The smallest absolute Gasteiger partial charge is 0.136 e. The van der Waals surface area contributed by atoms with E-state index in [1.165, 1.54) is 6.42 Å². The number of carbonyl (C=O) groups is 1. The third-order valence-electron chi connectivity index (χ3n) is 3.97. The summed E-state index contributed by atoms with van der Waals surface area (Å²) in [6, 6.07) is 0. The van der Waals surface area contributed by atoms with Crippen molar-refractivity contribution in [3.8, 4) is 0 Å². The Morgan fingerprint density at radius 3 is 3.08 bits per heavy atom. The van der Waals surface area contributed by atoms with Crippen LogP contribution in [0.2, 0.25) is 0 Å². The maximum absolute atomic E-state index is 11.7. The van der Waals surface area contributed by atoms with Gasteiger partial charge in [0, 0.05) is 17.2 Å². The highest BCUT2D eigenvalue weighted by Crippen LogP contribution is 2.58. The fourth-order valence-electron chi connectivity index (χ4n) is 3.33. The molecule has 3 aliphatic rings. The first-order valence-corrected chi connectivity index (χ1v) is 6.07. The van der Waals surface area contributed by atoms with E-state index >= 15 is 0 Å². The molecule has 0 spiro atoms. The molecule has 13 heavy (non-hydrogen) atoms. The first-order chi connectivity index (χ1) is 6.29. The summed E-state index contributed by atoms with van der Waals surface area (Å²) in [5, 5.41) is 0. The van der Waals surface area contributed by atoms with E-state index in [-0.39, 0.29) is 0 Å². The van der Waals surface area contributed by atoms with Gasteiger partial charge in [-0.05, 0) is 31.1 Å². The van der Waals surface area contributed by atoms with Crippen LogP contribution in [-0.4, -0.2) is 10.6 Å². The number of hydrogen-bond donors (Lipinski definition) is 0. The van der Waals surface area contributed by atoms with Crippen molar-refractivity contribution < 1.29 is 4.79 Å². The van der Waals surface area contributed by atoms with E-state index in [1.54, 1.807) is 5.57 Å². The molecular formula is C11H13BrO. The Kier molecular flexibility index (Phi) is 1.70. The number of Topliss-reactive ketones (excluding diaryl/α,β-unsaturated/α-hetero) is 1. The third kappa shape index (κ3) is 0.955. The lowest BCUT2D eigenvalue weighted by atomic mass is 9.68. The number of hydrogen-bond acceptors (Lipinski definition) is 1. The van der Waals surface area contributed by atoms with E-state index in [1.807, 2.05) is 0 Å². The minimum absolute atomic E-state index is 0.396. The molecule has 0 N–H and O–H groups in total. The maximum atomic E-state index is 11.7. The Balaban J connectivity index is 1.98. The van der Waals surface area contributed by atoms with Crippen molar-refractivity contribution in [3.05, 3.63) is 11.6 Å². The maximum Gasteiger partial charge on any atom is 0.136 e. The molecule has 1 nitrogen and oxygen atoms in total. The van der Waals surface area contributed by atoms with Crippen molar-refractivity contribution in [2.24, 2.45) is 17.8 Å². The molecule has 0 saturated heterocycles. The number of rotatable bonds is 0. The van der Waals surface area contributed by atoms with Crippen molar-refractivity contribution >= 4 is 21.7 Å². The Labute approximate surface area is 86.7 Å². The third-order valence-corrected chi connectivity index (χ3v) is 5.18. The van der Waals surface area contributed by atoms with Crippen molar-refractivity contribution in [2.45, 2.75) is 30.5 Å². The lowest BCUT2D eigenvalue weighted by Crippen LogP contribution is -2.40. The lowest BCUT2D eigenvalue weighted by molar-refractivity contribution is -0.123. The Bertz CT molecular complexity index is 294. The van der Waals surface area contributed by atoms with Gasteiger partial charge in [-0.3, -0.25) is 4.79 Å². The molecule has 2 fully saturated rings. The van der Waals surface area contributed by atoms with Crippen LogP contribution in [0.1, 0.15) is 25.7 Å². The van der Waals surface area contributed by atoms with E-state index in [4.69, 9.17) is 0 Å². The lowest BCUT2D eigenvalue weighted by Gasteiger charge is -2.42. The molecule has 2 saturated carbocycles. The van der Waals surface area contributed by atoms with E-state index < -0.39 is 0 Å². The summed E-state index contributed by atoms with van der Waals surface area (Å²) in [6.07, 6.45) is 6.48. The molecule has 3 rings (SSSR count). The van der Waals surface area contributed by atoms with Gasteiger partial charge in [0.2, 0.25) is 0 Å². The van der Waals surface area contributed by atoms with E-state index in [9.17, 15) is 4.79 Å². The van der Waals surface area contributed by atoms with Crippen LogP contribution >= 0.6 is 15.9 Å². The molecule has 4 atom stereocenters. The fourth-order valence-corrected chi connectivity index (χ4v) is 4.41. The van der Waals surface area contributed by atoms with Gasteiger partial charge in [-0.2, -0.15) is 0 Å². The molecule has 0 aromatic rings. The molecule has 70 valence electrons. The number of alkyl halides is 1. The average Bonchev–Trinajstić information content (AvgIpc) is 2.46. The molecule has 0 aromatic carbocycles. The highest BCUT2D eigenvalue weighted by molar-refractivity contribution is 9.09. The summed E-state index contributed by atoms with van der Waals surface area (Å²) in [5.74, 6) is 2.34. The van der Waals surface area contributed by atoms with Gasteiger partial charge in [0.15, 0.2) is 0 Å². The molecule has 0 aromatic heterocycles. The van der Waals surface area contributed by atoms with Crippen LogP contribution in [-0.2, 0) is 4.79 Å². The fraction of sp³-hybridized carbons (Fsp3) is 0.727. The summed E-state index contributed by atoms with van der Waals surface area (Å²) in [5.41, 5.74) is 1.54. The number of halogens is 1. The molecule has 0 aliphatic heterocycles. The summed E-state index contributed by atoms with van der Waals surface area (Å²) < 4.78 is 0. The van der Waals surface area contributed by atoms with Gasteiger partial charge >= 0.3 is 0 Å². The Morgan fingerprint density at radius 1 is 1.38 bits per heavy atom. The standard InChI is InChI=1S/C11H13BrO/c12-11-7-2-1-3-9(13)6-4-5-8(11)10(6)7/h2,6,8,10-11H,1,3-5H2/t6-,8+,10+,11+/m1/s1. The molecule has 0 amide bonds. The van der Waals surface area contributed by atoms with Crippen molar-refractivity contribution in [1.82, 2.24) is 0 Å². The van der Waals surface area contributed by atoms with Crippen molar-refractivity contribution in [2.75, 3.05) is 0 Å².